The van der Waals surface area contributed by atoms with E-state index in [0.717, 1.165) is 22.5 Å². The van der Waals surface area contributed by atoms with Crippen molar-refractivity contribution in [1.29, 1.82) is 0 Å². The summed E-state index contributed by atoms with van der Waals surface area (Å²) in [6.45, 7) is 1.90. The minimum atomic E-state index is 0.547. The quantitative estimate of drug-likeness (QED) is 0.629. The molecule has 0 amide bonds. The van der Waals surface area contributed by atoms with Crippen LogP contribution < -0.4 is 0 Å². The van der Waals surface area contributed by atoms with Gasteiger partial charge in [0, 0.05) is 16.3 Å². The molecule has 2 aromatic heterocycles. The van der Waals surface area contributed by atoms with Crippen LogP contribution >= 0.6 is 23.2 Å². The molecule has 0 N–H and O–H groups in total. The first kappa shape index (κ1) is 11.5. The van der Waals surface area contributed by atoms with Crippen molar-refractivity contribution in [2.24, 2.45) is 0 Å². The fourth-order valence-corrected chi connectivity index (χ4v) is 2.37. The van der Waals surface area contributed by atoms with Crippen molar-refractivity contribution in [2.45, 2.75) is 6.92 Å². The highest BCUT2D eigenvalue weighted by Crippen LogP contribution is 2.27. The summed E-state index contributed by atoms with van der Waals surface area (Å²) in [4.78, 5) is 4.48. The second kappa shape index (κ2) is 4.26. The lowest BCUT2D eigenvalue weighted by molar-refractivity contribution is 0.930. The van der Waals surface area contributed by atoms with Crippen LogP contribution in [0.5, 0.6) is 0 Å². The van der Waals surface area contributed by atoms with Gasteiger partial charge in [0.15, 0.2) is 5.65 Å². The Morgan fingerprint density at radius 1 is 1.17 bits per heavy atom. The van der Waals surface area contributed by atoms with E-state index in [1.54, 1.807) is 16.8 Å². The van der Waals surface area contributed by atoms with E-state index in [0.29, 0.717) is 10.2 Å². The third-order valence-electron chi connectivity index (χ3n) is 2.69. The van der Waals surface area contributed by atoms with Gasteiger partial charge in [-0.1, -0.05) is 35.3 Å². The summed E-state index contributed by atoms with van der Waals surface area (Å²) < 4.78 is 1.62. The number of hydrogen-bond donors (Lipinski definition) is 0. The number of rotatable bonds is 1. The highest BCUT2D eigenvalue weighted by atomic mass is 35.5. The molecule has 0 aliphatic rings. The average molecular weight is 278 g/mol. The van der Waals surface area contributed by atoms with Gasteiger partial charge >= 0.3 is 0 Å². The lowest BCUT2D eigenvalue weighted by atomic mass is 10.1. The predicted molar refractivity (Wildman–Crippen MR) is 73.2 cm³/mol. The van der Waals surface area contributed by atoms with Crippen LogP contribution in [0.2, 0.25) is 10.2 Å². The van der Waals surface area contributed by atoms with Crippen LogP contribution in [0.15, 0.2) is 36.5 Å². The summed E-state index contributed by atoms with van der Waals surface area (Å²) in [5, 5.41) is 5.48. The van der Waals surface area contributed by atoms with E-state index in [2.05, 4.69) is 10.1 Å². The van der Waals surface area contributed by atoms with Gasteiger partial charge in [0.2, 0.25) is 0 Å². The average Bonchev–Trinajstić information content (AvgIpc) is 2.72. The van der Waals surface area contributed by atoms with Crippen molar-refractivity contribution in [3.8, 4) is 11.1 Å². The van der Waals surface area contributed by atoms with Gasteiger partial charge in [-0.25, -0.2) is 9.50 Å². The zero-order chi connectivity index (χ0) is 12.7. The van der Waals surface area contributed by atoms with Crippen LogP contribution in [0.3, 0.4) is 0 Å². The SMILES string of the molecule is Cc1cc(Cl)n2ncc(-c3cccc(Cl)c3)c2n1. The zero-order valence-corrected chi connectivity index (χ0v) is 11.1. The molecule has 0 atom stereocenters. The third kappa shape index (κ3) is 1.85. The molecule has 5 heteroatoms. The van der Waals surface area contributed by atoms with Crippen molar-refractivity contribution in [1.82, 2.24) is 14.6 Å². The highest BCUT2D eigenvalue weighted by molar-refractivity contribution is 6.31. The van der Waals surface area contributed by atoms with Crippen LogP contribution in [-0.2, 0) is 0 Å². The van der Waals surface area contributed by atoms with Gasteiger partial charge in [-0.3, -0.25) is 0 Å². The first-order valence-corrected chi connectivity index (χ1v) is 6.17. The lowest BCUT2D eigenvalue weighted by Gasteiger charge is -2.02. The summed E-state index contributed by atoms with van der Waals surface area (Å²) in [5.41, 5.74) is 3.49. The summed E-state index contributed by atoms with van der Waals surface area (Å²) in [7, 11) is 0. The van der Waals surface area contributed by atoms with E-state index < -0.39 is 0 Å². The van der Waals surface area contributed by atoms with E-state index in [9.17, 15) is 0 Å². The van der Waals surface area contributed by atoms with Crippen molar-refractivity contribution < 1.29 is 0 Å². The molecule has 0 unspecified atom stereocenters. The van der Waals surface area contributed by atoms with Crippen molar-refractivity contribution in [3.63, 3.8) is 0 Å². The number of aromatic nitrogens is 3. The molecule has 0 radical (unpaired) electrons. The highest BCUT2D eigenvalue weighted by Gasteiger charge is 2.11. The predicted octanol–water partition coefficient (Wildman–Crippen LogP) is 4.01. The number of benzene rings is 1. The maximum absolute atomic E-state index is 6.13. The Kier molecular flexibility index (Phi) is 2.73. The summed E-state index contributed by atoms with van der Waals surface area (Å²) in [5.74, 6) is 0. The van der Waals surface area contributed by atoms with Crippen LogP contribution in [0.1, 0.15) is 5.69 Å². The molecule has 0 bridgehead atoms. The Morgan fingerprint density at radius 2 is 2.00 bits per heavy atom. The monoisotopic (exact) mass is 277 g/mol. The van der Waals surface area contributed by atoms with Gasteiger partial charge in [0.25, 0.3) is 0 Å². The number of hydrogen-bond acceptors (Lipinski definition) is 2. The van der Waals surface area contributed by atoms with Crippen molar-refractivity contribution in [2.75, 3.05) is 0 Å². The molecular formula is C13H9Cl2N3. The van der Waals surface area contributed by atoms with E-state index in [1.807, 2.05) is 31.2 Å². The summed E-state index contributed by atoms with van der Waals surface area (Å²) in [6.07, 6.45) is 1.75. The van der Waals surface area contributed by atoms with E-state index >= 15 is 0 Å². The Bertz CT molecular complexity index is 734. The topological polar surface area (TPSA) is 30.2 Å². The van der Waals surface area contributed by atoms with Gasteiger partial charge in [0.1, 0.15) is 5.15 Å². The van der Waals surface area contributed by atoms with Crippen molar-refractivity contribution in [3.05, 3.63) is 52.4 Å². The third-order valence-corrected chi connectivity index (χ3v) is 3.20. The molecule has 1 aromatic carbocycles. The Balaban J connectivity index is 2.30. The van der Waals surface area contributed by atoms with Gasteiger partial charge < -0.3 is 0 Å². The largest absolute Gasteiger partial charge is 0.233 e. The standard InChI is InChI=1S/C13H9Cl2N3/c1-8-5-12(15)18-13(17-8)11(7-16-18)9-3-2-4-10(14)6-9/h2-7H,1H3. The van der Waals surface area contributed by atoms with Crippen molar-refractivity contribution >= 4 is 28.8 Å². The first-order valence-electron chi connectivity index (χ1n) is 5.42. The Labute approximate surface area is 114 Å². The maximum atomic E-state index is 6.13. The molecule has 0 saturated heterocycles. The maximum Gasteiger partial charge on any atom is 0.164 e. The lowest BCUT2D eigenvalue weighted by Crippen LogP contribution is -1.94. The minimum absolute atomic E-state index is 0.547. The molecular weight excluding hydrogens is 269 g/mol. The van der Waals surface area contributed by atoms with E-state index in [4.69, 9.17) is 23.2 Å². The molecule has 3 rings (SSSR count). The molecule has 0 saturated carbocycles. The van der Waals surface area contributed by atoms with Crippen LogP contribution in [-0.4, -0.2) is 14.6 Å². The molecule has 90 valence electrons. The number of fused-ring (bicyclic) bond motifs is 1. The molecule has 0 aliphatic heterocycles. The summed E-state index contributed by atoms with van der Waals surface area (Å²) >= 11 is 12.1. The van der Waals surface area contributed by atoms with Gasteiger partial charge in [-0.05, 0) is 30.7 Å². The molecule has 0 aliphatic carbocycles. The Morgan fingerprint density at radius 3 is 2.78 bits per heavy atom. The molecule has 2 heterocycles. The second-order valence-electron chi connectivity index (χ2n) is 4.02. The van der Waals surface area contributed by atoms with Gasteiger partial charge in [-0.15, -0.1) is 0 Å². The first-order chi connectivity index (χ1) is 8.65. The molecule has 0 fully saturated rings. The number of halogens is 2. The second-order valence-corrected chi connectivity index (χ2v) is 4.85. The fraction of sp³-hybridized carbons (Fsp3) is 0.0769. The molecule has 3 nitrogen and oxygen atoms in total. The van der Waals surface area contributed by atoms with Crippen LogP contribution in [0, 0.1) is 6.92 Å². The molecule has 0 spiro atoms. The summed E-state index contributed by atoms with van der Waals surface area (Å²) in [6, 6.07) is 9.38. The van der Waals surface area contributed by atoms with Gasteiger partial charge in [-0.2, -0.15) is 5.10 Å². The van der Waals surface area contributed by atoms with Crippen LogP contribution in [0.4, 0.5) is 0 Å². The smallest absolute Gasteiger partial charge is 0.164 e. The fourth-order valence-electron chi connectivity index (χ4n) is 1.90. The normalized spacial score (nSPS) is 11.1. The molecule has 3 aromatic rings. The van der Waals surface area contributed by atoms with E-state index in [1.165, 1.54) is 0 Å². The van der Waals surface area contributed by atoms with Crippen LogP contribution in [0.25, 0.3) is 16.8 Å². The molecule has 18 heavy (non-hydrogen) atoms. The number of nitrogens with zero attached hydrogens (tertiary/aromatic N) is 3. The van der Waals surface area contributed by atoms with Gasteiger partial charge in [0.05, 0.1) is 6.20 Å². The van der Waals surface area contributed by atoms with E-state index in [-0.39, 0.29) is 0 Å². The zero-order valence-electron chi connectivity index (χ0n) is 9.56. The minimum Gasteiger partial charge on any atom is -0.233 e. The number of aryl methyl sites for hydroxylation is 1. The Hall–Kier alpha value is -1.58.